The van der Waals surface area contributed by atoms with E-state index in [0.717, 1.165) is 12.5 Å². The molecular formula is C17H24ClN. The van der Waals surface area contributed by atoms with Crippen molar-refractivity contribution in [3.8, 4) is 0 Å². The van der Waals surface area contributed by atoms with E-state index in [4.69, 9.17) is 0 Å². The van der Waals surface area contributed by atoms with Crippen molar-refractivity contribution in [2.24, 2.45) is 5.92 Å². The number of fused-ring (bicyclic) bond motifs is 3. The molecule has 1 fully saturated rings. The third-order valence-corrected chi connectivity index (χ3v) is 4.89. The first kappa shape index (κ1) is 14.6. The minimum Gasteiger partial charge on any atom is -0.304 e. The molecule has 3 rings (SSSR count). The summed E-state index contributed by atoms with van der Waals surface area (Å²) in [6.45, 7) is 4.79. The number of benzene rings is 1. The molecule has 2 atom stereocenters. The topological polar surface area (TPSA) is 12.0 Å². The summed E-state index contributed by atoms with van der Waals surface area (Å²) in [6.07, 6.45) is 10.1. The second-order valence-electron chi connectivity index (χ2n) is 5.78. The van der Waals surface area contributed by atoms with Gasteiger partial charge in [-0.15, -0.1) is 19.0 Å². The van der Waals surface area contributed by atoms with E-state index in [1.54, 1.807) is 11.1 Å². The fourth-order valence-electron chi connectivity index (χ4n) is 4.08. The molecule has 1 aromatic carbocycles. The lowest BCUT2D eigenvalue weighted by atomic mass is 9.62. The molecule has 0 radical (unpaired) electrons. The van der Waals surface area contributed by atoms with Gasteiger partial charge in [-0.2, -0.15) is 0 Å². The summed E-state index contributed by atoms with van der Waals surface area (Å²) in [4.78, 5) is 0. The lowest BCUT2D eigenvalue weighted by Crippen LogP contribution is -2.52. The van der Waals surface area contributed by atoms with Gasteiger partial charge in [-0.3, -0.25) is 0 Å². The molecule has 2 aliphatic rings. The molecule has 104 valence electrons. The zero-order chi connectivity index (χ0) is 12.4. The number of nitrogens with one attached hydrogen (secondary N) is 1. The van der Waals surface area contributed by atoms with Gasteiger partial charge in [0.2, 0.25) is 0 Å². The van der Waals surface area contributed by atoms with E-state index >= 15 is 0 Å². The summed E-state index contributed by atoms with van der Waals surface area (Å²) in [7, 11) is 0. The van der Waals surface area contributed by atoms with Crippen LogP contribution in [0.4, 0.5) is 0 Å². The molecule has 0 bridgehead atoms. The van der Waals surface area contributed by atoms with Gasteiger partial charge in [0.1, 0.15) is 0 Å². The summed E-state index contributed by atoms with van der Waals surface area (Å²) in [5.41, 5.74) is 3.37. The maximum Gasteiger partial charge on any atom is 0.0468 e. The summed E-state index contributed by atoms with van der Waals surface area (Å²) in [5.74, 6) is 0.820. The highest BCUT2D eigenvalue weighted by atomic mass is 35.5. The fraction of sp³-hybridized carbons (Fsp3) is 0.529. The predicted octanol–water partition coefficient (Wildman–Crippen LogP) is 4.22. The predicted molar refractivity (Wildman–Crippen MR) is 83.8 cm³/mol. The van der Waals surface area contributed by atoms with Gasteiger partial charge in [-0.25, -0.2) is 0 Å². The van der Waals surface area contributed by atoms with E-state index in [2.05, 4.69) is 36.2 Å². The summed E-state index contributed by atoms with van der Waals surface area (Å²) in [6, 6.07) is 9.05. The SMILES string of the molecule is C=CCNC12CCCCC1CCc1ccccc12.Cl. The first-order chi connectivity index (χ1) is 8.87. The van der Waals surface area contributed by atoms with Crippen LogP contribution < -0.4 is 5.32 Å². The van der Waals surface area contributed by atoms with Crippen LogP contribution in [0.1, 0.15) is 43.2 Å². The van der Waals surface area contributed by atoms with Crippen molar-refractivity contribution in [3.05, 3.63) is 48.0 Å². The van der Waals surface area contributed by atoms with Crippen molar-refractivity contribution in [1.82, 2.24) is 5.32 Å². The second kappa shape index (κ2) is 6.11. The number of rotatable bonds is 3. The average Bonchev–Trinajstić information content (AvgIpc) is 2.45. The van der Waals surface area contributed by atoms with Crippen LogP contribution in [0.3, 0.4) is 0 Å². The zero-order valence-electron chi connectivity index (χ0n) is 11.5. The van der Waals surface area contributed by atoms with E-state index < -0.39 is 0 Å². The molecular weight excluding hydrogens is 254 g/mol. The maximum absolute atomic E-state index is 3.87. The molecule has 0 amide bonds. The molecule has 1 saturated carbocycles. The molecule has 1 aromatic rings. The van der Waals surface area contributed by atoms with Gasteiger partial charge >= 0.3 is 0 Å². The Balaban J connectivity index is 0.00000133. The number of hydrogen-bond donors (Lipinski definition) is 1. The Hall–Kier alpha value is -0.790. The van der Waals surface area contributed by atoms with Crippen LogP contribution in [0, 0.1) is 5.92 Å². The van der Waals surface area contributed by atoms with Gasteiger partial charge in [0, 0.05) is 12.1 Å². The minimum absolute atomic E-state index is 0. The van der Waals surface area contributed by atoms with E-state index in [0.29, 0.717) is 0 Å². The van der Waals surface area contributed by atoms with Crippen LogP contribution in [0.15, 0.2) is 36.9 Å². The molecule has 2 heteroatoms. The first-order valence-corrected chi connectivity index (χ1v) is 7.31. The van der Waals surface area contributed by atoms with E-state index in [1.165, 1.54) is 38.5 Å². The highest BCUT2D eigenvalue weighted by molar-refractivity contribution is 5.85. The average molecular weight is 278 g/mol. The lowest BCUT2D eigenvalue weighted by molar-refractivity contribution is 0.124. The molecule has 2 unspecified atom stereocenters. The van der Waals surface area contributed by atoms with Crippen LogP contribution in [0.2, 0.25) is 0 Å². The Bertz CT molecular complexity index is 443. The highest BCUT2D eigenvalue weighted by Crippen LogP contribution is 2.48. The minimum atomic E-state index is 0. The van der Waals surface area contributed by atoms with Gasteiger partial charge in [0.25, 0.3) is 0 Å². The molecule has 1 N–H and O–H groups in total. The molecule has 19 heavy (non-hydrogen) atoms. The first-order valence-electron chi connectivity index (χ1n) is 7.31. The van der Waals surface area contributed by atoms with Crippen LogP contribution >= 0.6 is 12.4 Å². The van der Waals surface area contributed by atoms with Crippen molar-refractivity contribution in [2.75, 3.05) is 6.54 Å². The number of halogens is 1. The number of hydrogen-bond acceptors (Lipinski definition) is 1. The number of aryl methyl sites for hydroxylation is 1. The van der Waals surface area contributed by atoms with Crippen LogP contribution in [0.5, 0.6) is 0 Å². The Morgan fingerprint density at radius 2 is 2.11 bits per heavy atom. The van der Waals surface area contributed by atoms with Gasteiger partial charge in [0.05, 0.1) is 0 Å². The van der Waals surface area contributed by atoms with E-state index in [-0.39, 0.29) is 17.9 Å². The summed E-state index contributed by atoms with van der Waals surface area (Å²) in [5, 5.41) is 3.82. The maximum atomic E-state index is 3.87. The largest absolute Gasteiger partial charge is 0.304 e. The zero-order valence-corrected chi connectivity index (χ0v) is 12.3. The summed E-state index contributed by atoms with van der Waals surface area (Å²) < 4.78 is 0. The lowest BCUT2D eigenvalue weighted by Gasteiger charge is -2.49. The fourth-order valence-corrected chi connectivity index (χ4v) is 4.08. The Labute approximate surface area is 122 Å². The molecule has 2 aliphatic carbocycles. The molecule has 0 heterocycles. The second-order valence-corrected chi connectivity index (χ2v) is 5.78. The van der Waals surface area contributed by atoms with Gasteiger partial charge in [-0.1, -0.05) is 43.2 Å². The van der Waals surface area contributed by atoms with Crippen molar-refractivity contribution < 1.29 is 0 Å². The third-order valence-electron chi connectivity index (χ3n) is 4.89. The molecule has 0 spiro atoms. The highest BCUT2D eigenvalue weighted by Gasteiger charge is 2.44. The van der Waals surface area contributed by atoms with E-state index in [1.807, 2.05) is 6.08 Å². The van der Waals surface area contributed by atoms with Crippen molar-refractivity contribution in [3.63, 3.8) is 0 Å². The third kappa shape index (κ3) is 2.46. The normalized spacial score (nSPS) is 28.7. The van der Waals surface area contributed by atoms with Crippen molar-refractivity contribution in [1.29, 1.82) is 0 Å². The molecule has 0 saturated heterocycles. The molecule has 0 aliphatic heterocycles. The monoisotopic (exact) mass is 277 g/mol. The van der Waals surface area contributed by atoms with Gasteiger partial charge < -0.3 is 5.32 Å². The Morgan fingerprint density at radius 3 is 2.95 bits per heavy atom. The molecule has 0 aromatic heterocycles. The van der Waals surface area contributed by atoms with E-state index in [9.17, 15) is 0 Å². The Kier molecular flexibility index (Phi) is 4.70. The summed E-state index contributed by atoms with van der Waals surface area (Å²) >= 11 is 0. The van der Waals surface area contributed by atoms with Crippen LogP contribution in [-0.4, -0.2) is 6.54 Å². The van der Waals surface area contributed by atoms with Crippen molar-refractivity contribution in [2.45, 2.75) is 44.1 Å². The molecule has 1 nitrogen and oxygen atoms in total. The van der Waals surface area contributed by atoms with Crippen molar-refractivity contribution >= 4 is 12.4 Å². The Morgan fingerprint density at radius 1 is 1.26 bits per heavy atom. The van der Waals surface area contributed by atoms with Crippen LogP contribution in [-0.2, 0) is 12.0 Å². The van der Waals surface area contributed by atoms with Gasteiger partial charge in [0.15, 0.2) is 0 Å². The van der Waals surface area contributed by atoms with Crippen LogP contribution in [0.25, 0.3) is 0 Å². The van der Waals surface area contributed by atoms with Gasteiger partial charge in [-0.05, 0) is 42.7 Å². The smallest absolute Gasteiger partial charge is 0.0468 e. The standard InChI is InChI=1S/C17H23N.ClH/c1-2-13-18-17-12-6-5-8-15(17)11-10-14-7-3-4-9-16(14)17;/h2-4,7,9,15,18H,1,5-6,8,10-13H2;1H. The quantitative estimate of drug-likeness (QED) is 0.816.